The first-order valence-electron chi connectivity index (χ1n) is 8.96. The molecule has 0 atom stereocenters. The minimum Gasteiger partial charge on any atom is -0.341 e. The number of carbonyl (C=O) groups is 2. The molecule has 5 nitrogen and oxygen atoms in total. The number of halogens is 3. The molecule has 2 aromatic carbocycles. The van der Waals surface area contributed by atoms with Crippen molar-refractivity contribution in [3.8, 4) is 0 Å². The van der Waals surface area contributed by atoms with Crippen molar-refractivity contribution in [1.82, 2.24) is 9.80 Å². The Kier molecular flexibility index (Phi) is 6.75. The van der Waals surface area contributed by atoms with Gasteiger partial charge in [-0.3, -0.25) is 4.79 Å². The molecule has 1 aliphatic heterocycles. The SMILES string of the molecule is O=C(Cc1c(F)cccc1Cl)N1CCCN(C(=O)Nc2cccc(Cl)c2)CC1. The molecule has 148 valence electrons. The largest absolute Gasteiger partial charge is 0.341 e. The number of amides is 3. The van der Waals surface area contributed by atoms with E-state index < -0.39 is 5.82 Å². The molecule has 0 saturated carbocycles. The average Bonchev–Trinajstić information content (AvgIpc) is 2.91. The molecule has 3 rings (SSSR count). The van der Waals surface area contributed by atoms with E-state index >= 15 is 0 Å². The third-order valence-electron chi connectivity index (χ3n) is 4.60. The maximum atomic E-state index is 13.9. The van der Waals surface area contributed by atoms with Crippen LogP contribution in [0.2, 0.25) is 10.0 Å². The normalized spacial score (nSPS) is 14.5. The van der Waals surface area contributed by atoms with Gasteiger partial charge in [-0.05, 0) is 36.8 Å². The molecule has 0 spiro atoms. The molecule has 3 amide bonds. The van der Waals surface area contributed by atoms with E-state index in [1.54, 1.807) is 40.1 Å². The van der Waals surface area contributed by atoms with E-state index in [-0.39, 0.29) is 28.9 Å². The molecule has 8 heteroatoms. The number of benzene rings is 2. The fourth-order valence-electron chi connectivity index (χ4n) is 3.10. The first-order valence-corrected chi connectivity index (χ1v) is 9.72. The fraction of sp³-hybridized carbons (Fsp3) is 0.300. The van der Waals surface area contributed by atoms with Gasteiger partial charge in [0.1, 0.15) is 5.82 Å². The van der Waals surface area contributed by atoms with Gasteiger partial charge in [-0.2, -0.15) is 0 Å². The summed E-state index contributed by atoms with van der Waals surface area (Å²) < 4.78 is 13.9. The van der Waals surface area contributed by atoms with Gasteiger partial charge in [0, 0.05) is 47.5 Å². The number of anilines is 1. The van der Waals surface area contributed by atoms with Crippen LogP contribution >= 0.6 is 23.2 Å². The summed E-state index contributed by atoms with van der Waals surface area (Å²) in [5.74, 6) is -0.692. The summed E-state index contributed by atoms with van der Waals surface area (Å²) >= 11 is 12.0. The molecule has 0 bridgehead atoms. The average molecular weight is 424 g/mol. The lowest BCUT2D eigenvalue weighted by atomic mass is 10.1. The molecular weight excluding hydrogens is 404 g/mol. The Bertz CT molecular complexity index is 858. The number of urea groups is 1. The predicted octanol–water partition coefficient (Wildman–Crippen LogP) is 4.44. The van der Waals surface area contributed by atoms with Crippen molar-refractivity contribution in [3.63, 3.8) is 0 Å². The Morgan fingerprint density at radius 3 is 2.46 bits per heavy atom. The number of nitrogens with zero attached hydrogens (tertiary/aromatic N) is 2. The van der Waals surface area contributed by atoms with Crippen LogP contribution in [-0.4, -0.2) is 47.9 Å². The van der Waals surface area contributed by atoms with Crippen LogP contribution in [-0.2, 0) is 11.2 Å². The first kappa shape index (κ1) is 20.4. The van der Waals surface area contributed by atoms with E-state index in [2.05, 4.69) is 5.32 Å². The molecule has 1 fully saturated rings. The second-order valence-electron chi connectivity index (χ2n) is 6.54. The summed E-state index contributed by atoms with van der Waals surface area (Å²) in [6.45, 7) is 1.81. The molecule has 28 heavy (non-hydrogen) atoms. The van der Waals surface area contributed by atoms with E-state index in [4.69, 9.17) is 23.2 Å². The molecule has 1 N–H and O–H groups in total. The van der Waals surface area contributed by atoms with Crippen molar-refractivity contribution in [2.45, 2.75) is 12.8 Å². The number of hydrogen-bond donors (Lipinski definition) is 1. The van der Waals surface area contributed by atoms with Crippen molar-refractivity contribution < 1.29 is 14.0 Å². The van der Waals surface area contributed by atoms with E-state index in [1.807, 2.05) is 0 Å². The smallest absolute Gasteiger partial charge is 0.321 e. The van der Waals surface area contributed by atoms with Crippen LogP contribution in [0.15, 0.2) is 42.5 Å². The maximum Gasteiger partial charge on any atom is 0.321 e. The van der Waals surface area contributed by atoms with E-state index in [9.17, 15) is 14.0 Å². The predicted molar refractivity (Wildman–Crippen MR) is 108 cm³/mol. The lowest BCUT2D eigenvalue weighted by molar-refractivity contribution is -0.130. The quantitative estimate of drug-likeness (QED) is 0.792. The second kappa shape index (κ2) is 9.26. The fourth-order valence-corrected chi connectivity index (χ4v) is 3.52. The zero-order valence-corrected chi connectivity index (χ0v) is 16.6. The van der Waals surface area contributed by atoms with Gasteiger partial charge in [0.25, 0.3) is 0 Å². The highest BCUT2D eigenvalue weighted by molar-refractivity contribution is 6.31. The highest BCUT2D eigenvalue weighted by Crippen LogP contribution is 2.21. The van der Waals surface area contributed by atoms with Crippen LogP contribution in [0.25, 0.3) is 0 Å². The van der Waals surface area contributed by atoms with Crippen molar-refractivity contribution in [2.75, 3.05) is 31.5 Å². The molecule has 2 aromatic rings. The van der Waals surface area contributed by atoms with Gasteiger partial charge in [-0.25, -0.2) is 9.18 Å². The molecule has 0 aromatic heterocycles. The number of nitrogens with one attached hydrogen (secondary N) is 1. The van der Waals surface area contributed by atoms with Gasteiger partial charge in [-0.1, -0.05) is 35.3 Å². The van der Waals surface area contributed by atoms with E-state index in [0.29, 0.717) is 43.3 Å². The van der Waals surface area contributed by atoms with Gasteiger partial charge in [0.05, 0.1) is 6.42 Å². The van der Waals surface area contributed by atoms with Crippen molar-refractivity contribution >= 4 is 40.8 Å². The Hall–Kier alpha value is -2.31. The molecule has 0 aliphatic carbocycles. The Balaban J connectivity index is 1.58. The van der Waals surface area contributed by atoms with Gasteiger partial charge in [0.2, 0.25) is 5.91 Å². The zero-order valence-electron chi connectivity index (χ0n) is 15.1. The third kappa shape index (κ3) is 5.14. The molecular formula is C20H20Cl2FN3O2. The number of hydrogen-bond acceptors (Lipinski definition) is 2. The topological polar surface area (TPSA) is 52.7 Å². The summed E-state index contributed by atoms with van der Waals surface area (Å²) in [4.78, 5) is 28.4. The van der Waals surface area contributed by atoms with Crippen LogP contribution in [0.4, 0.5) is 14.9 Å². The second-order valence-corrected chi connectivity index (χ2v) is 7.38. The van der Waals surface area contributed by atoms with Crippen LogP contribution in [0.1, 0.15) is 12.0 Å². The monoisotopic (exact) mass is 423 g/mol. The summed E-state index contributed by atoms with van der Waals surface area (Å²) in [5, 5.41) is 3.59. The van der Waals surface area contributed by atoms with Gasteiger partial charge in [-0.15, -0.1) is 0 Å². The molecule has 0 unspecified atom stereocenters. The molecule has 0 radical (unpaired) electrons. The van der Waals surface area contributed by atoms with Crippen molar-refractivity contribution in [3.05, 3.63) is 63.9 Å². The minimum absolute atomic E-state index is 0.0970. The summed E-state index contributed by atoms with van der Waals surface area (Å²) in [6.07, 6.45) is 0.542. The Labute approximate surface area is 173 Å². The third-order valence-corrected chi connectivity index (χ3v) is 5.19. The zero-order chi connectivity index (χ0) is 20.1. The standard InChI is InChI=1S/C20H20Cl2FN3O2/c21-14-4-1-5-15(12-14)24-20(28)26-9-3-8-25(10-11-26)19(27)13-16-17(22)6-2-7-18(16)23/h1-2,4-7,12H,3,8-11,13H2,(H,24,28). The highest BCUT2D eigenvalue weighted by Gasteiger charge is 2.23. The van der Waals surface area contributed by atoms with Crippen LogP contribution in [0.3, 0.4) is 0 Å². The lowest BCUT2D eigenvalue weighted by Crippen LogP contribution is -2.39. The van der Waals surface area contributed by atoms with Crippen molar-refractivity contribution in [1.29, 1.82) is 0 Å². The molecule has 1 heterocycles. The van der Waals surface area contributed by atoms with Gasteiger partial charge < -0.3 is 15.1 Å². The summed E-state index contributed by atoms with van der Waals surface area (Å²) in [5.41, 5.74) is 0.817. The van der Waals surface area contributed by atoms with Crippen LogP contribution in [0, 0.1) is 5.82 Å². The van der Waals surface area contributed by atoms with E-state index in [1.165, 1.54) is 12.1 Å². The lowest BCUT2D eigenvalue weighted by Gasteiger charge is -2.23. The molecule has 1 aliphatic rings. The van der Waals surface area contributed by atoms with E-state index in [0.717, 1.165) is 0 Å². The first-order chi connectivity index (χ1) is 13.4. The number of carbonyl (C=O) groups excluding carboxylic acids is 2. The summed E-state index contributed by atoms with van der Waals surface area (Å²) in [6, 6.07) is 11.0. The summed E-state index contributed by atoms with van der Waals surface area (Å²) in [7, 11) is 0. The van der Waals surface area contributed by atoms with Gasteiger partial charge in [0.15, 0.2) is 0 Å². The highest BCUT2D eigenvalue weighted by atomic mass is 35.5. The Morgan fingerprint density at radius 2 is 1.71 bits per heavy atom. The maximum absolute atomic E-state index is 13.9. The van der Waals surface area contributed by atoms with Gasteiger partial charge >= 0.3 is 6.03 Å². The Morgan fingerprint density at radius 1 is 1.00 bits per heavy atom. The minimum atomic E-state index is -0.488. The van der Waals surface area contributed by atoms with Crippen molar-refractivity contribution in [2.24, 2.45) is 0 Å². The molecule has 1 saturated heterocycles. The van der Waals surface area contributed by atoms with Crippen LogP contribution in [0.5, 0.6) is 0 Å². The number of rotatable bonds is 3. The van der Waals surface area contributed by atoms with Crippen LogP contribution < -0.4 is 5.32 Å².